The van der Waals surface area contributed by atoms with Crippen LogP contribution in [0.4, 0.5) is 10.1 Å². The predicted octanol–water partition coefficient (Wildman–Crippen LogP) is 4.30. The summed E-state index contributed by atoms with van der Waals surface area (Å²) in [5.41, 5.74) is 2.07. The molecule has 0 unspecified atom stereocenters. The zero-order valence-corrected chi connectivity index (χ0v) is 13.7. The maximum Gasteiger partial charge on any atom is 0.127 e. The van der Waals surface area contributed by atoms with Gasteiger partial charge in [0.05, 0.1) is 0 Å². The Hall–Kier alpha value is -2.39. The van der Waals surface area contributed by atoms with E-state index in [0.717, 1.165) is 31.7 Å². The third kappa shape index (κ3) is 3.13. The highest BCUT2D eigenvalue weighted by atomic mass is 19.1. The van der Waals surface area contributed by atoms with E-state index in [9.17, 15) is 4.39 Å². The molecule has 1 fully saturated rings. The van der Waals surface area contributed by atoms with Crippen molar-refractivity contribution in [1.82, 2.24) is 4.90 Å². The molecule has 0 aromatic heterocycles. The summed E-state index contributed by atoms with van der Waals surface area (Å²) < 4.78 is 13.8. The molecule has 1 aliphatic heterocycles. The molecule has 3 aromatic carbocycles. The van der Waals surface area contributed by atoms with E-state index >= 15 is 0 Å². The Kier molecular flexibility index (Phi) is 4.18. The lowest BCUT2D eigenvalue weighted by molar-refractivity contribution is 0.246. The van der Waals surface area contributed by atoms with Crippen LogP contribution in [0.15, 0.2) is 66.7 Å². The third-order valence-corrected chi connectivity index (χ3v) is 4.82. The van der Waals surface area contributed by atoms with Crippen LogP contribution >= 0.6 is 0 Å². The largest absolute Gasteiger partial charge is 0.369 e. The zero-order valence-electron chi connectivity index (χ0n) is 13.7. The number of nitrogens with zero attached hydrogens (tertiary/aromatic N) is 2. The lowest BCUT2D eigenvalue weighted by Crippen LogP contribution is -2.46. The number of anilines is 1. The van der Waals surface area contributed by atoms with Gasteiger partial charge in [-0.2, -0.15) is 0 Å². The van der Waals surface area contributed by atoms with Crippen molar-refractivity contribution in [3.8, 4) is 0 Å². The first kappa shape index (κ1) is 15.2. The summed E-state index contributed by atoms with van der Waals surface area (Å²) in [7, 11) is 0. The van der Waals surface area contributed by atoms with Gasteiger partial charge in [-0.25, -0.2) is 4.39 Å². The third-order valence-electron chi connectivity index (χ3n) is 4.82. The van der Waals surface area contributed by atoms with Gasteiger partial charge >= 0.3 is 0 Å². The Morgan fingerprint density at radius 3 is 2.25 bits per heavy atom. The van der Waals surface area contributed by atoms with Gasteiger partial charge in [0.25, 0.3) is 0 Å². The quantitative estimate of drug-likeness (QED) is 0.710. The number of hydrogen-bond donors (Lipinski definition) is 0. The molecule has 1 aliphatic rings. The van der Waals surface area contributed by atoms with Gasteiger partial charge in [0.2, 0.25) is 0 Å². The summed E-state index contributed by atoms with van der Waals surface area (Å²) >= 11 is 0. The summed E-state index contributed by atoms with van der Waals surface area (Å²) in [5.74, 6) is -0.102. The normalized spacial score (nSPS) is 15.8. The standard InChI is InChI=1S/C21H21FN2/c22-21-8-4-3-7-19(21)16-23-11-13-24(14-12-23)20-10-9-17-5-1-2-6-18(17)15-20/h1-10,15H,11-14,16H2. The van der Waals surface area contributed by atoms with Crippen LogP contribution in [0.3, 0.4) is 0 Å². The Balaban J connectivity index is 1.42. The number of halogens is 1. The molecule has 0 bridgehead atoms. The number of benzene rings is 3. The highest BCUT2D eigenvalue weighted by Crippen LogP contribution is 2.23. The van der Waals surface area contributed by atoms with E-state index in [1.807, 2.05) is 12.1 Å². The Morgan fingerprint density at radius 1 is 0.750 bits per heavy atom. The van der Waals surface area contributed by atoms with Gasteiger partial charge in [-0.1, -0.05) is 48.5 Å². The first-order valence-corrected chi connectivity index (χ1v) is 8.49. The van der Waals surface area contributed by atoms with Gasteiger partial charge in [-0.3, -0.25) is 4.90 Å². The van der Waals surface area contributed by atoms with Crippen LogP contribution in [0, 0.1) is 5.82 Å². The minimum atomic E-state index is -0.102. The van der Waals surface area contributed by atoms with Crippen molar-refractivity contribution in [2.75, 3.05) is 31.1 Å². The van der Waals surface area contributed by atoms with Crippen LogP contribution in [0.25, 0.3) is 10.8 Å². The molecule has 4 rings (SSSR count). The zero-order chi connectivity index (χ0) is 16.4. The molecule has 3 aromatic rings. The topological polar surface area (TPSA) is 6.48 Å². The minimum absolute atomic E-state index is 0.102. The van der Waals surface area contributed by atoms with Gasteiger partial charge in [0, 0.05) is 44.0 Å². The molecular formula is C21H21FN2. The molecule has 0 amide bonds. The Labute approximate surface area is 142 Å². The molecule has 3 heteroatoms. The van der Waals surface area contributed by atoms with Crippen molar-refractivity contribution in [1.29, 1.82) is 0 Å². The molecule has 1 heterocycles. The minimum Gasteiger partial charge on any atom is -0.369 e. The second-order valence-corrected chi connectivity index (χ2v) is 6.39. The highest BCUT2D eigenvalue weighted by Gasteiger charge is 2.18. The lowest BCUT2D eigenvalue weighted by Gasteiger charge is -2.36. The predicted molar refractivity (Wildman–Crippen MR) is 97.8 cm³/mol. The average molecular weight is 320 g/mol. The number of hydrogen-bond acceptors (Lipinski definition) is 2. The second-order valence-electron chi connectivity index (χ2n) is 6.39. The number of rotatable bonds is 3. The van der Waals surface area contributed by atoms with Crippen molar-refractivity contribution in [2.24, 2.45) is 0 Å². The van der Waals surface area contributed by atoms with E-state index in [0.29, 0.717) is 6.54 Å². The summed E-state index contributed by atoms with van der Waals surface area (Å²) in [6, 6.07) is 22.2. The first-order valence-electron chi connectivity index (χ1n) is 8.49. The number of fused-ring (bicyclic) bond motifs is 1. The van der Waals surface area contributed by atoms with Crippen molar-refractivity contribution >= 4 is 16.5 Å². The van der Waals surface area contributed by atoms with Gasteiger partial charge in [-0.15, -0.1) is 0 Å². The fourth-order valence-corrected chi connectivity index (χ4v) is 3.41. The molecule has 24 heavy (non-hydrogen) atoms. The fraction of sp³-hybridized carbons (Fsp3) is 0.238. The summed E-state index contributed by atoms with van der Waals surface area (Å²) in [5, 5.41) is 2.56. The second kappa shape index (κ2) is 6.62. The molecule has 0 atom stereocenters. The van der Waals surface area contributed by atoms with E-state index < -0.39 is 0 Å². The molecule has 0 saturated carbocycles. The number of piperazine rings is 1. The van der Waals surface area contributed by atoms with Crippen molar-refractivity contribution in [2.45, 2.75) is 6.54 Å². The van der Waals surface area contributed by atoms with Crippen LogP contribution in [-0.4, -0.2) is 31.1 Å². The van der Waals surface area contributed by atoms with Gasteiger partial charge in [0.1, 0.15) is 5.82 Å². The maximum absolute atomic E-state index is 13.8. The van der Waals surface area contributed by atoms with Crippen LogP contribution in [-0.2, 0) is 6.54 Å². The van der Waals surface area contributed by atoms with Gasteiger partial charge < -0.3 is 4.90 Å². The maximum atomic E-state index is 13.8. The van der Waals surface area contributed by atoms with Crippen molar-refractivity contribution < 1.29 is 4.39 Å². The van der Waals surface area contributed by atoms with E-state index in [2.05, 4.69) is 52.3 Å². The van der Waals surface area contributed by atoms with Crippen molar-refractivity contribution in [3.05, 3.63) is 78.1 Å². The van der Waals surface area contributed by atoms with Gasteiger partial charge in [-0.05, 0) is 29.0 Å². The van der Waals surface area contributed by atoms with E-state index in [1.165, 1.54) is 16.5 Å². The summed E-state index contributed by atoms with van der Waals surface area (Å²) in [4.78, 5) is 4.75. The molecule has 0 N–H and O–H groups in total. The molecule has 1 saturated heterocycles. The average Bonchev–Trinajstić information content (AvgIpc) is 2.64. The molecule has 0 aliphatic carbocycles. The van der Waals surface area contributed by atoms with Crippen LogP contribution in [0.1, 0.15) is 5.56 Å². The van der Waals surface area contributed by atoms with Crippen LogP contribution in [0.2, 0.25) is 0 Å². The Bertz CT molecular complexity index is 838. The van der Waals surface area contributed by atoms with Crippen LogP contribution < -0.4 is 4.90 Å². The first-order chi connectivity index (χ1) is 11.8. The van der Waals surface area contributed by atoms with Crippen LogP contribution in [0.5, 0.6) is 0 Å². The smallest absolute Gasteiger partial charge is 0.127 e. The SMILES string of the molecule is Fc1ccccc1CN1CCN(c2ccc3ccccc3c2)CC1. The molecule has 2 nitrogen and oxygen atoms in total. The van der Waals surface area contributed by atoms with Gasteiger partial charge in [0.15, 0.2) is 0 Å². The highest BCUT2D eigenvalue weighted by molar-refractivity contribution is 5.85. The summed E-state index contributed by atoms with van der Waals surface area (Å²) in [6.45, 7) is 4.57. The van der Waals surface area contributed by atoms with E-state index in [4.69, 9.17) is 0 Å². The summed E-state index contributed by atoms with van der Waals surface area (Å²) in [6.07, 6.45) is 0. The molecular weight excluding hydrogens is 299 g/mol. The van der Waals surface area contributed by atoms with E-state index in [1.54, 1.807) is 12.1 Å². The molecule has 0 radical (unpaired) electrons. The molecule has 0 spiro atoms. The van der Waals surface area contributed by atoms with E-state index in [-0.39, 0.29) is 5.82 Å². The Morgan fingerprint density at radius 2 is 1.46 bits per heavy atom. The monoisotopic (exact) mass is 320 g/mol. The molecule has 122 valence electrons. The van der Waals surface area contributed by atoms with Crippen molar-refractivity contribution in [3.63, 3.8) is 0 Å². The lowest BCUT2D eigenvalue weighted by atomic mass is 10.1. The fourth-order valence-electron chi connectivity index (χ4n) is 3.41.